The van der Waals surface area contributed by atoms with E-state index >= 15 is 0 Å². The van der Waals surface area contributed by atoms with E-state index in [4.69, 9.17) is 18.5 Å². The van der Waals surface area contributed by atoms with Crippen molar-refractivity contribution in [3.8, 4) is 0 Å². The van der Waals surface area contributed by atoms with Crippen molar-refractivity contribution >= 4 is 19.8 Å². The number of likely N-dealkylation sites (N-methyl/N-ethyl adjacent to an activating group) is 1. The summed E-state index contributed by atoms with van der Waals surface area (Å²) in [5.41, 5.74) is 0. The Balaban J connectivity index is 4.14. The van der Waals surface area contributed by atoms with E-state index in [9.17, 15) is 19.0 Å². The van der Waals surface area contributed by atoms with Gasteiger partial charge in [0.2, 0.25) is 0 Å². The van der Waals surface area contributed by atoms with E-state index in [2.05, 4.69) is 74.6 Å². The van der Waals surface area contributed by atoms with Crippen LogP contribution >= 0.6 is 7.82 Å². The second kappa shape index (κ2) is 51.6. The largest absolute Gasteiger partial charge is 0.472 e. The number of phosphoric ester groups is 1. The van der Waals surface area contributed by atoms with Gasteiger partial charge in [0, 0.05) is 12.8 Å². The van der Waals surface area contributed by atoms with E-state index < -0.39 is 26.5 Å². The number of phosphoric acid groups is 1. The molecule has 0 aromatic heterocycles. The summed E-state index contributed by atoms with van der Waals surface area (Å²) in [5, 5.41) is 0. The number of hydrogen-bond acceptors (Lipinski definition) is 7. The van der Waals surface area contributed by atoms with Crippen molar-refractivity contribution in [2.45, 2.75) is 264 Å². The van der Waals surface area contributed by atoms with E-state index in [1.165, 1.54) is 161 Å². The number of ether oxygens (including phenoxy) is 2. The molecule has 0 spiro atoms. The normalized spacial score (nSPS) is 13.7. The quantitative estimate of drug-likeness (QED) is 0.0211. The first-order valence-electron chi connectivity index (χ1n) is 29.0. The Morgan fingerprint density at radius 1 is 0.457 bits per heavy atom. The van der Waals surface area contributed by atoms with Gasteiger partial charge >= 0.3 is 19.8 Å². The van der Waals surface area contributed by atoms with E-state index in [1.54, 1.807) is 0 Å². The standard InChI is InChI=1S/C60H110NO8P/c1-6-8-10-12-14-16-18-20-22-24-26-27-28-29-30-31-32-33-35-37-39-41-43-45-47-49-51-53-60(63)69-58(57-68-70(64,65)67-55-54-61(3,4)5)56-66-59(62)52-50-48-46-44-42-40-38-36-34-25-23-21-19-17-15-13-11-9-7-2/h8,10,14,16,20-23,26-27,58H,6-7,9,11-13,15,17-19,24-25,28-57H2,1-5H3/p+1/b10-8-,16-14-,22-20-,23-21-,27-26-. The highest BCUT2D eigenvalue weighted by atomic mass is 31.2. The molecule has 2 atom stereocenters. The second-order valence-corrected chi connectivity index (χ2v) is 22.1. The smallest absolute Gasteiger partial charge is 0.462 e. The Hall–Kier alpha value is -2.29. The number of quaternary nitrogens is 1. The first-order chi connectivity index (χ1) is 34.0. The third kappa shape index (κ3) is 55.0. The van der Waals surface area contributed by atoms with E-state index in [1.807, 2.05) is 21.1 Å². The molecule has 0 aliphatic heterocycles. The van der Waals surface area contributed by atoms with Crippen LogP contribution in [-0.4, -0.2) is 74.9 Å². The minimum Gasteiger partial charge on any atom is -0.462 e. The number of rotatable bonds is 53. The first kappa shape index (κ1) is 67.7. The van der Waals surface area contributed by atoms with Gasteiger partial charge in [0.05, 0.1) is 27.7 Å². The van der Waals surface area contributed by atoms with Crippen LogP contribution in [0.25, 0.3) is 0 Å². The highest BCUT2D eigenvalue weighted by Crippen LogP contribution is 2.43. The van der Waals surface area contributed by atoms with Crippen molar-refractivity contribution < 1.29 is 42.1 Å². The maximum Gasteiger partial charge on any atom is 0.472 e. The molecule has 0 saturated carbocycles. The van der Waals surface area contributed by atoms with Crippen LogP contribution < -0.4 is 0 Å². The van der Waals surface area contributed by atoms with Crippen LogP contribution in [0.2, 0.25) is 0 Å². The highest BCUT2D eigenvalue weighted by molar-refractivity contribution is 7.47. The summed E-state index contributed by atoms with van der Waals surface area (Å²) in [6, 6.07) is 0. The van der Waals surface area contributed by atoms with Crippen LogP contribution in [0.15, 0.2) is 60.8 Å². The highest BCUT2D eigenvalue weighted by Gasteiger charge is 2.27. The molecule has 0 aliphatic carbocycles. The van der Waals surface area contributed by atoms with Crippen LogP contribution in [0.5, 0.6) is 0 Å². The molecule has 0 saturated heterocycles. The third-order valence-corrected chi connectivity index (χ3v) is 13.5. The lowest BCUT2D eigenvalue weighted by atomic mass is 10.0. The maximum absolute atomic E-state index is 12.8. The zero-order valence-corrected chi connectivity index (χ0v) is 47.1. The summed E-state index contributed by atoms with van der Waals surface area (Å²) < 4.78 is 34.6. The summed E-state index contributed by atoms with van der Waals surface area (Å²) in [6.07, 6.45) is 65.7. The molecule has 10 heteroatoms. The SMILES string of the molecule is CC/C=C\C/C=C\C/C=C\C/C=C\CCCCCCCCCCCCCCCCC(=O)OC(COC(=O)CCCCCCCCCCC/C=C\CCCCCCCC)COP(=O)(O)OCC[N+](C)(C)C. The van der Waals surface area contributed by atoms with Crippen molar-refractivity contribution in [2.24, 2.45) is 0 Å². The minimum atomic E-state index is -4.39. The molecule has 0 amide bonds. The molecular formula is C60H111NO8P+. The fourth-order valence-corrected chi connectivity index (χ4v) is 8.80. The first-order valence-corrected chi connectivity index (χ1v) is 30.5. The topological polar surface area (TPSA) is 108 Å². The number of carbonyl (C=O) groups is 2. The van der Waals surface area contributed by atoms with Crippen LogP contribution in [0, 0.1) is 0 Å². The summed E-state index contributed by atoms with van der Waals surface area (Å²) in [7, 11) is 1.48. The van der Waals surface area contributed by atoms with Crippen molar-refractivity contribution in [1.29, 1.82) is 0 Å². The second-order valence-electron chi connectivity index (χ2n) is 20.6. The number of unbranched alkanes of at least 4 members (excludes halogenated alkanes) is 29. The summed E-state index contributed by atoms with van der Waals surface area (Å²) in [4.78, 5) is 35.7. The molecule has 0 aromatic rings. The Labute approximate surface area is 432 Å². The van der Waals surface area contributed by atoms with Gasteiger partial charge in [0.15, 0.2) is 6.10 Å². The van der Waals surface area contributed by atoms with Crippen LogP contribution in [0.4, 0.5) is 0 Å². The molecule has 70 heavy (non-hydrogen) atoms. The predicted octanol–water partition coefficient (Wildman–Crippen LogP) is 17.9. The zero-order valence-electron chi connectivity index (χ0n) is 46.2. The number of allylic oxidation sites excluding steroid dienone is 10. The number of nitrogens with zero attached hydrogens (tertiary/aromatic N) is 1. The monoisotopic (exact) mass is 1000 g/mol. The van der Waals surface area contributed by atoms with Crippen molar-refractivity contribution in [3.63, 3.8) is 0 Å². The Morgan fingerprint density at radius 3 is 1.23 bits per heavy atom. The fourth-order valence-electron chi connectivity index (χ4n) is 8.06. The molecule has 9 nitrogen and oxygen atoms in total. The fraction of sp³-hybridized carbons (Fsp3) is 0.800. The third-order valence-electron chi connectivity index (χ3n) is 12.5. The van der Waals surface area contributed by atoms with E-state index in [0.717, 1.165) is 64.2 Å². The van der Waals surface area contributed by atoms with Crippen LogP contribution in [0.1, 0.15) is 258 Å². The van der Waals surface area contributed by atoms with Crippen molar-refractivity contribution in [1.82, 2.24) is 0 Å². The maximum atomic E-state index is 12.8. The molecule has 0 rings (SSSR count). The Kier molecular flexibility index (Phi) is 49.9. The average Bonchev–Trinajstić information content (AvgIpc) is 3.32. The predicted molar refractivity (Wildman–Crippen MR) is 298 cm³/mol. The Morgan fingerprint density at radius 2 is 0.814 bits per heavy atom. The molecule has 0 bridgehead atoms. The number of carbonyl (C=O) groups excluding carboxylic acids is 2. The van der Waals surface area contributed by atoms with Gasteiger partial charge in [-0.1, -0.05) is 229 Å². The Bertz CT molecular complexity index is 1370. The van der Waals surface area contributed by atoms with E-state index in [0.29, 0.717) is 17.4 Å². The lowest BCUT2D eigenvalue weighted by molar-refractivity contribution is -0.870. The van der Waals surface area contributed by atoms with Gasteiger partial charge in [0.25, 0.3) is 0 Å². The molecule has 1 N–H and O–H groups in total. The molecule has 0 fully saturated rings. The molecule has 0 aromatic carbocycles. The molecule has 0 heterocycles. The van der Waals surface area contributed by atoms with Gasteiger partial charge in [-0.25, -0.2) is 4.57 Å². The van der Waals surface area contributed by atoms with Crippen LogP contribution in [0.3, 0.4) is 0 Å². The molecular weight excluding hydrogens is 894 g/mol. The van der Waals surface area contributed by atoms with Crippen LogP contribution in [-0.2, 0) is 32.7 Å². The van der Waals surface area contributed by atoms with Gasteiger partial charge in [-0.05, 0) is 77.0 Å². The average molecular weight is 1010 g/mol. The molecule has 0 aliphatic rings. The van der Waals surface area contributed by atoms with E-state index in [-0.39, 0.29) is 32.0 Å². The molecule has 408 valence electrons. The molecule has 0 radical (unpaired) electrons. The van der Waals surface area contributed by atoms with Gasteiger partial charge < -0.3 is 18.9 Å². The van der Waals surface area contributed by atoms with Crippen molar-refractivity contribution in [3.05, 3.63) is 60.8 Å². The van der Waals surface area contributed by atoms with Gasteiger partial charge in [-0.3, -0.25) is 18.6 Å². The lowest BCUT2D eigenvalue weighted by Gasteiger charge is -2.24. The minimum absolute atomic E-state index is 0.0307. The van der Waals surface area contributed by atoms with Gasteiger partial charge in [-0.2, -0.15) is 0 Å². The summed E-state index contributed by atoms with van der Waals surface area (Å²) in [6.45, 7) is 4.34. The summed E-state index contributed by atoms with van der Waals surface area (Å²) in [5.74, 6) is -0.793. The lowest BCUT2D eigenvalue weighted by Crippen LogP contribution is -2.37. The number of hydrogen-bond donors (Lipinski definition) is 1. The van der Waals surface area contributed by atoms with Gasteiger partial charge in [-0.15, -0.1) is 0 Å². The zero-order chi connectivity index (χ0) is 51.3. The van der Waals surface area contributed by atoms with Gasteiger partial charge in [0.1, 0.15) is 19.8 Å². The number of esters is 2. The summed E-state index contributed by atoms with van der Waals surface area (Å²) >= 11 is 0. The molecule has 2 unspecified atom stereocenters. The van der Waals surface area contributed by atoms with Crippen molar-refractivity contribution in [2.75, 3.05) is 47.5 Å².